The molecule has 36 heavy (non-hydrogen) atoms. The number of methoxy groups -OCH3 is 1. The SMILES string of the molecule is COc1ccc(Oc2ccc(CNC(=O)C3(NC(=O)Oc4cncnc4)CCNC3)c(Cl)c2)c(Cl)c1. The van der Waals surface area contributed by atoms with Crippen molar-refractivity contribution in [3.05, 3.63) is 70.7 Å². The van der Waals surface area contributed by atoms with E-state index >= 15 is 0 Å². The monoisotopic (exact) mass is 531 g/mol. The minimum Gasteiger partial charge on any atom is -0.497 e. The number of nitrogens with one attached hydrogen (secondary N) is 3. The van der Waals surface area contributed by atoms with Crippen LogP contribution in [0.2, 0.25) is 10.0 Å². The summed E-state index contributed by atoms with van der Waals surface area (Å²) in [5, 5.41) is 9.41. The number of benzene rings is 2. The van der Waals surface area contributed by atoms with E-state index < -0.39 is 11.6 Å². The second kappa shape index (κ2) is 11.4. The number of hydrogen-bond acceptors (Lipinski definition) is 8. The van der Waals surface area contributed by atoms with Crippen LogP contribution in [0, 0.1) is 0 Å². The van der Waals surface area contributed by atoms with E-state index in [1.54, 1.807) is 43.5 Å². The van der Waals surface area contributed by atoms with Crippen molar-refractivity contribution in [3.63, 3.8) is 0 Å². The van der Waals surface area contributed by atoms with E-state index in [1.807, 2.05) is 0 Å². The number of carbonyl (C=O) groups is 2. The number of amides is 2. The molecule has 0 aliphatic carbocycles. The highest BCUT2D eigenvalue weighted by molar-refractivity contribution is 6.32. The second-order valence-electron chi connectivity index (χ2n) is 7.93. The van der Waals surface area contributed by atoms with Gasteiger partial charge in [0.1, 0.15) is 29.1 Å². The second-order valence-corrected chi connectivity index (χ2v) is 8.75. The van der Waals surface area contributed by atoms with Crippen LogP contribution in [-0.2, 0) is 11.3 Å². The van der Waals surface area contributed by atoms with Crippen molar-refractivity contribution < 1.29 is 23.8 Å². The van der Waals surface area contributed by atoms with E-state index in [0.29, 0.717) is 45.8 Å². The molecule has 4 rings (SSSR count). The third-order valence-electron chi connectivity index (χ3n) is 5.51. The lowest BCUT2D eigenvalue weighted by Gasteiger charge is -2.27. The number of halogens is 2. The number of nitrogens with zero attached hydrogens (tertiary/aromatic N) is 2. The highest BCUT2D eigenvalue weighted by atomic mass is 35.5. The van der Waals surface area contributed by atoms with Gasteiger partial charge in [0.25, 0.3) is 0 Å². The Morgan fingerprint density at radius 3 is 2.47 bits per heavy atom. The van der Waals surface area contributed by atoms with Crippen LogP contribution < -0.4 is 30.2 Å². The Morgan fingerprint density at radius 2 is 1.81 bits per heavy atom. The highest BCUT2D eigenvalue weighted by Gasteiger charge is 2.43. The number of rotatable bonds is 8. The van der Waals surface area contributed by atoms with Gasteiger partial charge in [-0.15, -0.1) is 0 Å². The fourth-order valence-electron chi connectivity index (χ4n) is 3.61. The molecule has 1 aromatic heterocycles. The summed E-state index contributed by atoms with van der Waals surface area (Å²) in [5.74, 6) is 1.35. The molecule has 2 aromatic carbocycles. The first-order chi connectivity index (χ1) is 17.4. The summed E-state index contributed by atoms with van der Waals surface area (Å²) in [6.45, 7) is 0.956. The zero-order valence-electron chi connectivity index (χ0n) is 19.2. The molecule has 3 N–H and O–H groups in total. The van der Waals surface area contributed by atoms with Gasteiger partial charge in [-0.1, -0.05) is 29.3 Å². The Balaban J connectivity index is 1.38. The molecule has 1 saturated heterocycles. The molecule has 0 spiro atoms. The Bertz CT molecular complexity index is 1240. The van der Waals surface area contributed by atoms with Gasteiger partial charge >= 0.3 is 6.09 Å². The largest absolute Gasteiger partial charge is 0.497 e. The van der Waals surface area contributed by atoms with Crippen LogP contribution in [-0.4, -0.2) is 47.7 Å². The first kappa shape index (κ1) is 25.5. The molecule has 1 atom stereocenters. The van der Waals surface area contributed by atoms with E-state index in [-0.39, 0.29) is 24.7 Å². The van der Waals surface area contributed by atoms with Gasteiger partial charge in [0.15, 0.2) is 5.75 Å². The number of aromatic nitrogens is 2. The molecule has 1 aliphatic heterocycles. The normalized spacial score (nSPS) is 16.8. The molecule has 188 valence electrons. The maximum Gasteiger partial charge on any atom is 0.413 e. The van der Waals surface area contributed by atoms with Crippen molar-refractivity contribution in [2.45, 2.75) is 18.5 Å². The van der Waals surface area contributed by atoms with E-state index in [1.165, 1.54) is 18.7 Å². The summed E-state index contributed by atoms with van der Waals surface area (Å²) >= 11 is 12.7. The number of carbonyl (C=O) groups excluding carboxylic acids is 2. The van der Waals surface area contributed by atoms with Crippen molar-refractivity contribution in [2.24, 2.45) is 0 Å². The Hall–Kier alpha value is -3.60. The van der Waals surface area contributed by atoms with Crippen molar-refractivity contribution >= 4 is 35.2 Å². The Kier molecular flexibility index (Phi) is 8.09. The molecule has 0 saturated carbocycles. The quantitative estimate of drug-likeness (QED) is 0.401. The van der Waals surface area contributed by atoms with Crippen LogP contribution >= 0.6 is 23.2 Å². The molecule has 2 heterocycles. The molecular formula is C24H23Cl2N5O5. The lowest BCUT2D eigenvalue weighted by molar-refractivity contribution is -0.126. The van der Waals surface area contributed by atoms with Crippen molar-refractivity contribution in [1.29, 1.82) is 0 Å². The third kappa shape index (κ3) is 6.14. The van der Waals surface area contributed by atoms with Crippen LogP contribution in [0.3, 0.4) is 0 Å². The summed E-state index contributed by atoms with van der Waals surface area (Å²) in [6, 6.07) is 10.2. The van der Waals surface area contributed by atoms with Crippen molar-refractivity contribution in [3.8, 4) is 23.0 Å². The van der Waals surface area contributed by atoms with Gasteiger partial charge in [-0.2, -0.15) is 0 Å². The summed E-state index contributed by atoms with van der Waals surface area (Å²) in [4.78, 5) is 33.1. The fraction of sp³-hybridized carbons (Fsp3) is 0.250. The van der Waals surface area contributed by atoms with Gasteiger partial charge in [-0.25, -0.2) is 14.8 Å². The van der Waals surface area contributed by atoms with Crippen LogP contribution in [0.5, 0.6) is 23.0 Å². The third-order valence-corrected chi connectivity index (χ3v) is 6.16. The van der Waals surface area contributed by atoms with E-state index in [2.05, 4.69) is 25.9 Å². The zero-order valence-corrected chi connectivity index (χ0v) is 20.7. The van der Waals surface area contributed by atoms with Crippen LogP contribution in [0.25, 0.3) is 0 Å². The maximum absolute atomic E-state index is 13.1. The average Bonchev–Trinajstić information content (AvgIpc) is 3.34. The molecule has 0 bridgehead atoms. The first-order valence-electron chi connectivity index (χ1n) is 10.9. The molecule has 1 unspecified atom stereocenters. The Labute approximate surface area is 217 Å². The van der Waals surface area contributed by atoms with Gasteiger partial charge < -0.3 is 30.2 Å². The summed E-state index contributed by atoms with van der Waals surface area (Å²) in [6.07, 6.45) is 3.63. The molecule has 2 amide bonds. The highest BCUT2D eigenvalue weighted by Crippen LogP contribution is 2.34. The topological polar surface area (TPSA) is 124 Å². The summed E-state index contributed by atoms with van der Waals surface area (Å²) in [5.41, 5.74) is -0.504. The summed E-state index contributed by atoms with van der Waals surface area (Å²) in [7, 11) is 1.55. The number of hydrogen-bond donors (Lipinski definition) is 3. The minimum atomic E-state index is -1.17. The molecule has 1 aliphatic rings. The van der Waals surface area contributed by atoms with Crippen LogP contribution in [0.1, 0.15) is 12.0 Å². The van der Waals surface area contributed by atoms with E-state index in [4.69, 9.17) is 37.4 Å². The smallest absolute Gasteiger partial charge is 0.413 e. The predicted molar refractivity (Wildman–Crippen MR) is 133 cm³/mol. The van der Waals surface area contributed by atoms with Gasteiger partial charge in [0.05, 0.1) is 24.5 Å². The lowest BCUT2D eigenvalue weighted by atomic mass is 9.97. The first-order valence-corrected chi connectivity index (χ1v) is 11.7. The predicted octanol–water partition coefficient (Wildman–Crippen LogP) is 3.72. The fourth-order valence-corrected chi connectivity index (χ4v) is 4.06. The lowest BCUT2D eigenvalue weighted by Crippen LogP contribution is -2.60. The minimum absolute atomic E-state index is 0.145. The molecule has 1 fully saturated rings. The summed E-state index contributed by atoms with van der Waals surface area (Å²) < 4.78 is 16.1. The van der Waals surface area contributed by atoms with Crippen molar-refractivity contribution in [1.82, 2.24) is 25.9 Å². The Morgan fingerprint density at radius 1 is 1.06 bits per heavy atom. The average molecular weight is 532 g/mol. The number of ether oxygens (including phenoxy) is 3. The molecule has 3 aromatic rings. The van der Waals surface area contributed by atoms with Gasteiger partial charge in [-0.05, 0) is 42.8 Å². The zero-order chi connectivity index (χ0) is 25.5. The van der Waals surface area contributed by atoms with Gasteiger partial charge in [0.2, 0.25) is 5.91 Å². The van der Waals surface area contributed by atoms with E-state index in [9.17, 15) is 9.59 Å². The van der Waals surface area contributed by atoms with Crippen LogP contribution in [0.4, 0.5) is 4.79 Å². The van der Waals surface area contributed by atoms with E-state index in [0.717, 1.165) is 0 Å². The van der Waals surface area contributed by atoms with Crippen LogP contribution in [0.15, 0.2) is 55.1 Å². The maximum atomic E-state index is 13.1. The molecule has 0 radical (unpaired) electrons. The van der Waals surface area contributed by atoms with Gasteiger partial charge in [0, 0.05) is 24.2 Å². The van der Waals surface area contributed by atoms with Crippen molar-refractivity contribution in [2.75, 3.05) is 20.2 Å². The molecule has 12 heteroatoms. The molecular weight excluding hydrogens is 509 g/mol. The van der Waals surface area contributed by atoms with Gasteiger partial charge in [-0.3, -0.25) is 4.79 Å². The standard InChI is InChI=1S/C24H23Cl2N5O5/c1-34-16-4-5-21(20(26)8-16)35-17-3-2-15(19(25)9-17)10-30-22(32)24(6-7-27-13-24)31-23(33)36-18-11-28-14-29-12-18/h2-5,8-9,11-12,14,27H,6-7,10,13H2,1H3,(H,30,32)(H,31,33). The molecule has 10 nitrogen and oxygen atoms in total.